The molecule has 0 radical (unpaired) electrons. The summed E-state index contributed by atoms with van der Waals surface area (Å²) < 4.78 is 0. The van der Waals surface area contributed by atoms with Gasteiger partial charge in [-0.15, -0.1) is 0 Å². The van der Waals surface area contributed by atoms with Crippen LogP contribution in [0, 0.1) is 5.92 Å². The lowest BCUT2D eigenvalue weighted by molar-refractivity contribution is -0.131. The number of rotatable bonds is 2. The first kappa shape index (κ1) is 10.1. The lowest BCUT2D eigenvalue weighted by Crippen LogP contribution is -2.49. The van der Waals surface area contributed by atoms with Crippen LogP contribution in [-0.2, 0) is 4.79 Å². The highest BCUT2D eigenvalue weighted by Crippen LogP contribution is 2.30. The van der Waals surface area contributed by atoms with Crippen molar-refractivity contribution in [2.75, 3.05) is 19.6 Å². The Morgan fingerprint density at radius 1 is 1.38 bits per heavy atom. The molecule has 3 amide bonds. The lowest BCUT2D eigenvalue weighted by atomic mass is 9.85. The van der Waals surface area contributed by atoms with Crippen molar-refractivity contribution in [1.82, 2.24) is 15.5 Å². The van der Waals surface area contributed by atoms with Crippen molar-refractivity contribution in [2.45, 2.75) is 31.2 Å². The average molecular weight is 223 g/mol. The average Bonchev–Trinajstić information content (AvgIpc) is 2.72. The van der Waals surface area contributed by atoms with Crippen molar-refractivity contribution in [3.8, 4) is 0 Å². The third kappa shape index (κ3) is 1.34. The number of hydrogen-bond acceptors (Lipinski definition) is 3. The second-order valence-electron chi connectivity index (χ2n) is 5.15. The van der Waals surface area contributed by atoms with Gasteiger partial charge in [0.1, 0.15) is 5.54 Å². The maximum atomic E-state index is 12.2. The molecule has 3 fully saturated rings. The summed E-state index contributed by atoms with van der Waals surface area (Å²) in [5.74, 6) is 0.522. The van der Waals surface area contributed by atoms with Crippen LogP contribution >= 0.6 is 0 Å². The smallest absolute Gasteiger partial charge is 0.322 e. The Morgan fingerprint density at radius 3 is 2.75 bits per heavy atom. The van der Waals surface area contributed by atoms with Crippen LogP contribution in [0.3, 0.4) is 0 Å². The lowest BCUT2D eigenvalue weighted by Gasteiger charge is -2.29. The molecule has 2 aliphatic heterocycles. The van der Waals surface area contributed by atoms with Gasteiger partial charge in [-0.25, -0.2) is 4.79 Å². The van der Waals surface area contributed by atoms with E-state index >= 15 is 0 Å². The molecule has 2 heterocycles. The van der Waals surface area contributed by atoms with E-state index < -0.39 is 5.54 Å². The van der Waals surface area contributed by atoms with E-state index in [0.29, 0.717) is 19.0 Å². The number of imide groups is 1. The Kier molecular flexibility index (Phi) is 2.17. The summed E-state index contributed by atoms with van der Waals surface area (Å²) in [4.78, 5) is 25.4. The van der Waals surface area contributed by atoms with E-state index in [1.807, 2.05) is 0 Å². The monoisotopic (exact) mass is 223 g/mol. The van der Waals surface area contributed by atoms with Crippen molar-refractivity contribution in [2.24, 2.45) is 5.92 Å². The highest BCUT2D eigenvalue weighted by atomic mass is 16.2. The number of nitrogens with one attached hydrogen (secondary N) is 2. The number of urea groups is 1. The summed E-state index contributed by atoms with van der Waals surface area (Å²) in [7, 11) is 0. The first-order valence-corrected chi connectivity index (χ1v) is 6.06. The third-order valence-electron chi connectivity index (χ3n) is 4.07. The van der Waals surface area contributed by atoms with Gasteiger partial charge in [-0.2, -0.15) is 0 Å². The molecular formula is C11H17N3O2. The van der Waals surface area contributed by atoms with Crippen molar-refractivity contribution in [3.05, 3.63) is 0 Å². The van der Waals surface area contributed by atoms with Gasteiger partial charge in [0.2, 0.25) is 0 Å². The molecule has 1 saturated carbocycles. The topological polar surface area (TPSA) is 61.4 Å². The van der Waals surface area contributed by atoms with Gasteiger partial charge in [0.05, 0.1) is 0 Å². The normalized spacial score (nSPS) is 34.6. The molecule has 1 aliphatic carbocycles. The minimum Gasteiger partial charge on any atom is -0.322 e. The summed E-state index contributed by atoms with van der Waals surface area (Å²) in [5.41, 5.74) is -0.624. The zero-order valence-corrected chi connectivity index (χ0v) is 9.29. The number of hydrogen-bond donors (Lipinski definition) is 2. The molecule has 0 aromatic heterocycles. The molecule has 2 saturated heterocycles. The molecule has 2 N–H and O–H groups in total. The molecule has 5 nitrogen and oxygen atoms in total. The van der Waals surface area contributed by atoms with Crippen molar-refractivity contribution >= 4 is 11.9 Å². The molecule has 3 aliphatic rings. The molecule has 88 valence electrons. The van der Waals surface area contributed by atoms with Gasteiger partial charge in [-0.05, 0) is 31.7 Å². The highest BCUT2D eigenvalue weighted by Gasteiger charge is 2.52. The van der Waals surface area contributed by atoms with Gasteiger partial charge >= 0.3 is 6.03 Å². The summed E-state index contributed by atoms with van der Waals surface area (Å²) in [5, 5.41) is 6.00. The van der Waals surface area contributed by atoms with E-state index in [9.17, 15) is 9.59 Å². The Hall–Kier alpha value is -1.10. The molecule has 1 spiro atoms. The maximum absolute atomic E-state index is 12.2. The summed E-state index contributed by atoms with van der Waals surface area (Å²) in [6.07, 6.45) is 4.27. The molecule has 0 aromatic rings. The Morgan fingerprint density at radius 2 is 2.19 bits per heavy atom. The number of amides is 3. The van der Waals surface area contributed by atoms with Crippen LogP contribution in [0.15, 0.2) is 0 Å². The van der Waals surface area contributed by atoms with Gasteiger partial charge in [-0.3, -0.25) is 9.69 Å². The molecule has 3 rings (SSSR count). The third-order valence-corrected chi connectivity index (χ3v) is 4.07. The van der Waals surface area contributed by atoms with Gasteiger partial charge in [0, 0.05) is 13.1 Å². The summed E-state index contributed by atoms with van der Waals surface area (Å²) in [6, 6.07) is -0.194. The maximum Gasteiger partial charge on any atom is 0.325 e. The van der Waals surface area contributed by atoms with Crippen LogP contribution in [0.1, 0.15) is 25.7 Å². The van der Waals surface area contributed by atoms with Crippen LogP contribution < -0.4 is 10.6 Å². The molecule has 5 heteroatoms. The van der Waals surface area contributed by atoms with E-state index in [4.69, 9.17) is 0 Å². The first-order chi connectivity index (χ1) is 7.71. The number of carbonyl (C=O) groups is 2. The zero-order valence-electron chi connectivity index (χ0n) is 9.29. The number of nitrogens with zero attached hydrogens (tertiary/aromatic N) is 1. The Bertz CT molecular complexity index is 332. The predicted molar refractivity (Wildman–Crippen MR) is 57.8 cm³/mol. The van der Waals surface area contributed by atoms with Crippen molar-refractivity contribution < 1.29 is 9.59 Å². The largest absolute Gasteiger partial charge is 0.325 e. The molecule has 1 unspecified atom stereocenters. The Labute approximate surface area is 94.6 Å². The Balaban J connectivity index is 1.74. The SMILES string of the molecule is O=C1NC2(CCNC2)C(=O)N1CC1CCC1. The van der Waals surface area contributed by atoms with Crippen LogP contribution in [0.2, 0.25) is 0 Å². The fraction of sp³-hybridized carbons (Fsp3) is 0.818. The van der Waals surface area contributed by atoms with Crippen LogP contribution in [0.4, 0.5) is 4.79 Å². The number of carbonyl (C=O) groups excluding carboxylic acids is 2. The van der Waals surface area contributed by atoms with Gasteiger partial charge in [-0.1, -0.05) is 6.42 Å². The molecular weight excluding hydrogens is 206 g/mol. The minimum atomic E-state index is -0.624. The highest BCUT2D eigenvalue weighted by molar-refractivity contribution is 6.07. The van der Waals surface area contributed by atoms with E-state index in [2.05, 4.69) is 10.6 Å². The van der Waals surface area contributed by atoms with Crippen molar-refractivity contribution in [1.29, 1.82) is 0 Å². The van der Waals surface area contributed by atoms with E-state index in [0.717, 1.165) is 25.8 Å². The second kappa shape index (κ2) is 3.45. The predicted octanol–water partition coefficient (Wildman–Crippen LogP) is 0.0704. The molecule has 0 bridgehead atoms. The fourth-order valence-corrected chi connectivity index (χ4v) is 2.76. The van der Waals surface area contributed by atoms with Crippen molar-refractivity contribution in [3.63, 3.8) is 0 Å². The fourth-order valence-electron chi connectivity index (χ4n) is 2.76. The zero-order chi connectivity index (χ0) is 11.2. The minimum absolute atomic E-state index is 0.0191. The van der Waals surface area contributed by atoms with E-state index in [1.54, 1.807) is 0 Å². The first-order valence-electron chi connectivity index (χ1n) is 6.06. The van der Waals surface area contributed by atoms with Gasteiger partial charge < -0.3 is 10.6 Å². The van der Waals surface area contributed by atoms with Gasteiger partial charge in [0.25, 0.3) is 5.91 Å². The van der Waals surface area contributed by atoms with Crippen LogP contribution in [0.5, 0.6) is 0 Å². The second-order valence-corrected chi connectivity index (χ2v) is 5.15. The van der Waals surface area contributed by atoms with Crippen LogP contribution in [-0.4, -0.2) is 42.0 Å². The molecule has 0 aromatic carbocycles. The summed E-state index contributed by atoms with van der Waals surface area (Å²) in [6.45, 7) is 2.01. The molecule has 16 heavy (non-hydrogen) atoms. The molecule has 1 atom stereocenters. The van der Waals surface area contributed by atoms with Gasteiger partial charge in [0.15, 0.2) is 0 Å². The standard InChI is InChI=1S/C11H17N3O2/c15-9-11(4-5-12-7-11)13-10(16)14(9)6-8-2-1-3-8/h8,12H,1-7H2,(H,13,16). The summed E-state index contributed by atoms with van der Waals surface area (Å²) >= 11 is 0. The van der Waals surface area contributed by atoms with E-state index in [1.165, 1.54) is 11.3 Å². The quantitative estimate of drug-likeness (QED) is 0.651. The van der Waals surface area contributed by atoms with Crippen LogP contribution in [0.25, 0.3) is 0 Å². The van der Waals surface area contributed by atoms with E-state index in [-0.39, 0.29) is 11.9 Å².